The van der Waals surface area contributed by atoms with Gasteiger partial charge in [0.25, 0.3) is 17.4 Å². The molecule has 1 N–H and O–H groups in total. The first-order chi connectivity index (χ1) is 13.8. The quantitative estimate of drug-likeness (QED) is 0.247. The Kier molecular flexibility index (Phi) is 5.98. The SMILES string of the molecule is CCCCN1C(=O)C(=O)/C(=C(\O)c2ccc([N+](=O)[O-])cc2)C1c1ccc(Cl)cc1. The highest BCUT2D eigenvalue weighted by Gasteiger charge is 2.45. The van der Waals surface area contributed by atoms with E-state index in [4.69, 9.17) is 11.6 Å². The number of nitrogens with zero attached hydrogens (tertiary/aromatic N) is 2. The number of hydrogen-bond donors (Lipinski definition) is 1. The van der Waals surface area contributed by atoms with Crippen LogP contribution in [-0.2, 0) is 9.59 Å². The van der Waals surface area contributed by atoms with Crippen LogP contribution in [0.15, 0.2) is 54.1 Å². The summed E-state index contributed by atoms with van der Waals surface area (Å²) in [5.41, 5.74) is 0.692. The molecule has 0 spiro atoms. The van der Waals surface area contributed by atoms with E-state index >= 15 is 0 Å². The van der Waals surface area contributed by atoms with Gasteiger partial charge in [-0.05, 0) is 36.2 Å². The number of non-ortho nitro benzene ring substituents is 1. The lowest BCUT2D eigenvalue weighted by molar-refractivity contribution is -0.384. The molecule has 7 nitrogen and oxygen atoms in total. The first kappa shape index (κ1) is 20.5. The highest BCUT2D eigenvalue weighted by molar-refractivity contribution is 6.46. The molecule has 1 heterocycles. The molecule has 3 rings (SSSR count). The van der Waals surface area contributed by atoms with Gasteiger partial charge in [0.1, 0.15) is 5.76 Å². The first-order valence-corrected chi connectivity index (χ1v) is 9.51. The Morgan fingerprint density at radius 3 is 2.31 bits per heavy atom. The van der Waals surface area contributed by atoms with Crippen molar-refractivity contribution in [2.75, 3.05) is 6.54 Å². The molecule has 0 saturated carbocycles. The lowest BCUT2D eigenvalue weighted by Gasteiger charge is -2.25. The van der Waals surface area contributed by atoms with Crippen molar-refractivity contribution < 1.29 is 19.6 Å². The average molecular weight is 415 g/mol. The van der Waals surface area contributed by atoms with Crippen LogP contribution < -0.4 is 0 Å². The molecule has 0 aliphatic carbocycles. The van der Waals surface area contributed by atoms with Crippen LogP contribution in [-0.4, -0.2) is 33.2 Å². The van der Waals surface area contributed by atoms with Crippen LogP contribution >= 0.6 is 11.6 Å². The molecule has 0 aromatic heterocycles. The lowest BCUT2D eigenvalue weighted by atomic mass is 9.95. The number of rotatable bonds is 6. The summed E-state index contributed by atoms with van der Waals surface area (Å²) in [6.45, 7) is 2.34. The summed E-state index contributed by atoms with van der Waals surface area (Å²) in [6.07, 6.45) is 1.54. The number of unbranched alkanes of at least 4 members (excludes halogenated alkanes) is 1. The highest BCUT2D eigenvalue weighted by atomic mass is 35.5. The smallest absolute Gasteiger partial charge is 0.295 e. The minimum absolute atomic E-state index is 0.0396. The molecule has 2 aromatic rings. The van der Waals surface area contributed by atoms with Crippen molar-refractivity contribution in [2.24, 2.45) is 0 Å². The molecule has 0 radical (unpaired) electrons. The van der Waals surface area contributed by atoms with Crippen molar-refractivity contribution in [3.8, 4) is 0 Å². The second-order valence-corrected chi connectivity index (χ2v) is 7.14. The van der Waals surface area contributed by atoms with Crippen molar-refractivity contribution in [3.63, 3.8) is 0 Å². The maximum atomic E-state index is 12.8. The molecule has 1 atom stereocenters. The molecule has 1 amide bonds. The van der Waals surface area contributed by atoms with E-state index < -0.39 is 22.7 Å². The standard InChI is InChI=1S/C21H19ClN2O5/c1-2-3-12-23-18(13-4-8-15(22)9-5-13)17(20(26)21(23)27)19(25)14-6-10-16(11-7-14)24(28)29/h4-11,18,25H,2-3,12H2,1H3/b19-17-. The third-order valence-electron chi connectivity index (χ3n) is 4.83. The van der Waals surface area contributed by atoms with Gasteiger partial charge in [0, 0.05) is 29.3 Å². The summed E-state index contributed by atoms with van der Waals surface area (Å²) in [5, 5.41) is 22.2. The zero-order valence-corrected chi connectivity index (χ0v) is 16.4. The molecule has 1 aliphatic rings. The van der Waals surface area contributed by atoms with E-state index in [9.17, 15) is 24.8 Å². The van der Waals surface area contributed by atoms with Gasteiger partial charge in [0.2, 0.25) is 0 Å². The monoisotopic (exact) mass is 414 g/mol. The molecule has 1 fully saturated rings. The maximum Gasteiger partial charge on any atom is 0.295 e. The number of hydrogen-bond acceptors (Lipinski definition) is 5. The third kappa shape index (κ3) is 4.00. The Morgan fingerprint density at radius 1 is 1.14 bits per heavy atom. The van der Waals surface area contributed by atoms with Gasteiger partial charge in [-0.1, -0.05) is 37.1 Å². The van der Waals surface area contributed by atoms with Gasteiger partial charge < -0.3 is 10.0 Å². The summed E-state index contributed by atoms with van der Waals surface area (Å²) in [6, 6.07) is 11.2. The fraction of sp³-hybridized carbons (Fsp3) is 0.238. The average Bonchev–Trinajstić information content (AvgIpc) is 2.97. The number of amides is 1. The number of Topliss-reactive ketones (excluding diaryl/α,β-unsaturated/α-hetero) is 1. The molecular weight excluding hydrogens is 396 g/mol. The van der Waals surface area contributed by atoms with Crippen molar-refractivity contribution in [1.29, 1.82) is 0 Å². The summed E-state index contributed by atoms with van der Waals surface area (Å²) in [4.78, 5) is 37.2. The number of carbonyl (C=O) groups is 2. The summed E-state index contributed by atoms with van der Waals surface area (Å²) >= 11 is 5.97. The fourth-order valence-corrected chi connectivity index (χ4v) is 3.45. The Balaban J connectivity index is 2.12. The van der Waals surface area contributed by atoms with Crippen molar-refractivity contribution in [1.82, 2.24) is 4.90 Å². The molecule has 1 unspecified atom stereocenters. The Morgan fingerprint density at radius 2 is 1.76 bits per heavy atom. The molecule has 1 saturated heterocycles. The van der Waals surface area contributed by atoms with Crippen LogP contribution in [0.1, 0.15) is 36.9 Å². The molecular formula is C21H19ClN2O5. The molecule has 29 heavy (non-hydrogen) atoms. The van der Waals surface area contributed by atoms with Gasteiger partial charge in [-0.15, -0.1) is 0 Å². The number of aliphatic hydroxyl groups is 1. The second-order valence-electron chi connectivity index (χ2n) is 6.70. The van der Waals surface area contributed by atoms with Gasteiger partial charge in [-0.3, -0.25) is 19.7 Å². The Bertz CT molecular complexity index is 983. The number of nitro groups is 1. The minimum Gasteiger partial charge on any atom is -0.507 e. The fourth-order valence-electron chi connectivity index (χ4n) is 3.33. The second kappa shape index (κ2) is 8.45. The van der Waals surface area contributed by atoms with Crippen molar-refractivity contribution in [2.45, 2.75) is 25.8 Å². The van der Waals surface area contributed by atoms with Gasteiger partial charge in [0.05, 0.1) is 16.5 Å². The van der Waals surface area contributed by atoms with Crippen LogP contribution in [0.3, 0.4) is 0 Å². The third-order valence-corrected chi connectivity index (χ3v) is 5.08. The number of halogens is 1. The number of benzene rings is 2. The topological polar surface area (TPSA) is 101 Å². The number of aliphatic hydroxyl groups excluding tert-OH is 1. The van der Waals surface area contributed by atoms with E-state index in [1.807, 2.05) is 6.92 Å². The predicted molar refractivity (Wildman–Crippen MR) is 108 cm³/mol. The van der Waals surface area contributed by atoms with E-state index in [2.05, 4.69) is 0 Å². The predicted octanol–water partition coefficient (Wildman–Crippen LogP) is 4.47. The summed E-state index contributed by atoms with van der Waals surface area (Å²) in [5.74, 6) is -1.82. The summed E-state index contributed by atoms with van der Waals surface area (Å²) in [7, 11) is 0. The van der Waals surface area contributed by atoms with Crippen LogP contribution in [0.4, 0.5) is 5.69 Å². The maximum absolute atomic E-state index is 12.8. The van der Waals surface area contributed by atoms with E-state index in [1.54, 1.807) is 24.3 Å². The van der Waals surface area contributed by atoms with Gasteiger partial charge >= 0.3 is 0 Å². The number of nitro benzene ring substituents is 1. The minimum atomic E-state index is -0.781. The van der Waals surface area contributed by atoms with Gasteiger partial charge in [-0.2, -0.15) is 0 Å². The van der Waals surface area contributed by atoms with Gasteiger partial charge in [0.15, 0.2) is 0 Å². The number of ketones is 1. The molecule has 150 valence electrons. The molecule has 8 heteroatoms. The lowest BCUT2D eigenvalue weighted by Crippen LogP contribution is -2.30. The largest absolute Gasteiger partial charge is 0.507 e. The van der Waals surface area contributed by atoms with E-state index in [0.29, 0.717) is 23.6 Å². The normalized spacial score (nSPS) is 18.3. The van der Waals surface area contributed by atoms with Crippen LogP contribution in [0, 0.1) is 10.1 Å². The van der Waals surface area contributed by atoms with E-state index in [0.717, 1.165) is 6.42 Å². The van der Waals surface area contributed by atoms with Crippen LogP contribution in [0.2, 0.25) is 5.02 Å². The van der Waals surface area contributed by atoms with Gasteiger partial charge in [-0.25, -0.2) is 0 Å². The van der Waals surface area contributed by atoms with E-state index in [-0.39, 0.29) is 22.6 Å². The van der Waals surface area contributed by atoms with Crippen LogP contribution in [0.25, 0.3) is 5.76 Å². The number of likely N-dealkylation sites (tertiary alicyclic amines) is 1. The Hall–Kier alpha value is -3.19. The zero-order valence-electron chi connectivity index (χ0n) is 15.7. The first-order valence-electron chi connectivity index (χ1n) is 9.13. The molecule has 1 aliphatic heterocycles. The zero-order chi connectivity index (χ0) is 21.1. The van der Waals surface area contributed by atoms with Crippen molar-refractivity contribution in [3.05, 3.63) is 80.4 Å². The van der Waals surface area contributed by atoms with Crippen molar-refractivity contribution >= 4 is 34.7 Å². The van der Waals surface area contributed by atoms with E-state index in [1.165, 1.54) is 29.2 Å². The molecule has 2 aromatic carbocycles. The number of carbonyl (C=O) groups excluding carboxylic acids is 2. The Labute approximate surface area is 172 Å². The highest BCUT2D eigenvalue weighted by Crippen LogP contribution is 2.39. The molecule has 0 bridgehead atoms. The van der Waals surface area contributed by atoms with Crippen LogP contribution in [0.5, 0.6) is 0 Å². The summed E-state index contributed by atoms with van der Waals surface area (Å²) < 4.78 is 0.